The third-order valence-electron chi connectivity index (χ3n) is 0.797. The van der Waals surface area contributed by atoms with Gasteiger partial charge in [0.15, 0.2) is 0 Å². The van der Waals surface area contributed by atoms with E-state index in [1.54, 1.807) is 6.08 Å². The minimum Gasteiger partial charge on any atom is -0.481 e. The van der Waals surface area contributed by atoms with E-state index in [0.29, 0.717) is 6.42 Å². The molecule has 0 aliphatic rings. The molecule has 0 amide bonds. The van der Waals surface area contributed by atoms with E-state index in [4.69, 9.17) is 10.2 Å². The standard InChI is InChI=1S/C6H10O3/c7-5-3-1-2-4-6(8)9/h1,3,7H,2,4-5H2,(H,8,9)/b3-1+. The predicted octanol–water partition coefficient (Wildman–Crippen LogP) is 0.400. The zero-order chi connectivity index (χ0) is 7.11. The number of aliphatic carboxylic acids is 1. The van der Waals surface area contributed by atoms with Gasteiger partial charge >= 0.3 is 5.97 Å². The summed E-state index contributed by atoms with van der Waals surface area (Å²) in [6.07, 6.45) is 3.81. The monoisotopic (exact) mass is 130 g/mol. The van der Waals surface area contributed by atoms with Gasteiger partial charge in [-0.3, -0.25) is 4.79 Å². The van der Waals surface area contributed by atoms with Crippen LogP contribution in [0.25, 0.3) is 0 Å². The highest BCUT2D eigenvalue weighted by Gasteiger charge is 1.90. The zero-order valence-electron chi connectivity index (χ0n) is 5.08. The lowest BCUT2D eigenvalue weighted by atomic mass is 10.3. The molecule has 0 unspecified atom stereocenters. The Hall–Kier alpha value is -0.830. The maximum atomic E-state index is 9.87. The maximum absolute atomic E-state index is 9.87. The molecular weight excluding hydrogens is 120 g/mol. The zero-order valence-corrected chi connectivity index (χ0v) is 5.08. The largest absolute Gasteiger partial charge is 0.481 e. The fourth-order valence-electron chi connectivity index (χ4n) is 0.399. The predicted molar refractivity (Wildman–Crippen MR) is 33.1 cm³/mol. The molecule has 3 heteroatoms. The van der Waals surface area contributed by atoms with Crippen molar-refractivity contribution < 1.29 is 15.0 Å². The van der Waals surface area contributed by atoms with Crippen LogP contribution in [0.4, 0.5) is 0 Å². The van der Waals surface area contributed by atoms with E-state index in [-0.39, 0.29) is 13.0 Å². The van der Waals surface area contributed by atoms with Crippen molar-refractivity contribution in [3.05, 3.63) is 12.2 Å². The molecule has 0 spiro atoms. The van der Waals surface area contributed by atoms with Crippen molar-refractivity contribution in [2.24, 2.45) is 0 Å². The van der Waals surface area contributed by atoms with Crippen LogP contribution in [-0.4, -0.2) is 22.8 Å². The van der Waals surface area contributed by atoms with Gasteiger partial charge in [0.2, 0.25) is 0 Å². The minimum absolute atomic E-state index is 0.0143. The van der Waals surface area contributed by atoms with E-state index in [2.05, 4.69) is 0 Å². The first-order valence-electron chi connectivity index (χ1n) is 2.75. The molecule has 0 aromatic carbocycles. The number of rotatable bonds is 4. The van der Waals surface area contributed by atoms with Gasteiger partial charge < -0.3 is 10.2 Å². The molecule has 0 saturated heterocycles. The number of aliphatic hydroxyl groups excluding tert-OH is 1. The van der Waals surface area contributed by atoms with Crippen LogP contribution >= 0.6 is 0 Å². The fourth-order valence-corrected chi connectivity index (χ4v) is 0.399. The summed E-state index contributed by atoms with van der Waals surface area (Å²) in [6.45, 7) is -0.0143. The molecule has 2 N–H and O–H groups in total. The van der Waals surface area contributed by atoms with E-state index < -0.39 is 5.97 Å². The summed E-state index contributed by atoms with van der Waals surface area (Å²) >= 11 is 0. The van der Waals surface area contributed by atoms with Crippen molar-refractivity contribution in [3.63, 3.8) is 0 Å². The number of allylic oxidation sites excluding steroid dienone is 1. The van der Waals surface area contributed by atoms with Crippen LogP contribution in [0.1, 0.15) is 12.8 Å². The average Bonchev–Trinajstić information content (AvgIpc) is 1.80. The lowest BCUT2D eigenvalue weighted by Gasteiger charge is -1.84. The number of carboxylic acids is 1. The molecule has 0 atom stereocenters. The van der Waals surface area contributed by atoms with Crippen LogP contribution in [0.3, 0.4) is 0 Å². The summed E-state index contributed by atoms with van der Waals surface area (Å²) in [4.78, 5) is 9.87. The summed E-state index contributed by atoms with van der Waals surface area (Å²) < 4.78 is 0. The van der Waals surface area contributed by atoms with E-state index in [1.165, 1.54) is 6.08 Å². The molecule has 0 saturated carbocycles. The Morgan fingerprint density at radius 2 is 2.11 bits per heavy atom. The Bertz CT molecular complexity index is 107. The number of hydrogen-bond donors (Lipinski definition) is 2. The van der Waals surface area contributed by atoms with Crippen molar-refractivity contribution in [2.75, 3.05) is 6.61 Å². The van der Waals surface area contributed by atoms with Gasteiger partial charge in [-0.1, -0.05) is 12.2 Å². The maximum Gasteiger partial charge on any atom is 0.303 e. The second-order valence-corrected chi connectivity index (χ2v) is 1.59. The van der Waals surface area contributed by atoms with Gasteiger partial charge in [0.05, 0.1) is 6.61 Å². The lowest BCUT2D eigenvalue weighted by molar-refractivity contribution is -0.136. The molecule has 0 heterocycles. The van der Waals surface area contributed by atoms with E-state index >= 15 is 0 Å². The van der Waals surface area contributed by atoms with Gasteiger partial charge in [-0.2, -0.15) is 0 Å². The van der Waals surface area contributed by atoms with Crippen molar-refractivity contribution >= 4 is 5.97 Å². The fraction of sp³-hybridized carbons (Fsp3) is 0.500. The second-order valence-electron chi connectivity index (χ2n) is 1.59. The van der Waals surface area contributed by atoms with Crippen LogP contribution in [0.5, 0.6) is 0 Å². The highest BCUT2D eigenvalue weighted by Crippen LogP contribution is 1.89. The molecular formula is C6H10O3. The van der Waals surface area contributed by atoms with Gasteiger partial charge in [-0.25, -0.2) is 0 Å². The Balaban J connectivity index is 3.09. The molecule has 0 fully saturated rings. The Labute approximate surface area is 53.6 Å². The van der Waals surface area contributed by atoms with Gasteiger partial charge in [-0.05, 0) is 6.42 Å². The van der Waals surface area contributed by atoms with Crippen LogP contribution in [-0.2, 0) is 4.79 Å². The molecule has 0 aliphatic carbocycles. The van der Waals surface area contributed by atoms with Gasteiger partial charge in [-0.15, -0.1) is 0 Å². The van der Waals surface area contributed by atoms with Crippen LogP contribution in [0, 0.1) is 0 Å². The number of aliphatic hydroxyl groups is 1. The highest BCUT2D eigenvalue weighted by molar-refractivity contribution is 5.66. The highest BCUT2D eigenvalue weighted by atomic mass is 16.4. The van der Waals surface area contributed by atoms with Crippen LogP contribution < -0.4 is 0 Å². The number of carbonyl (C=O) groups is 1. The Morgan fingerprint density at radius 3 is 2.56 bits per heavy atom. The second kappa shape index (κ2) is 5.31. The summed E-state index contributed by atoms with van der Waals surface area (Å²) in [6, 6.07) is 0. The Kier molecular flexibility index (Phi) is 4.82. The lowest BCUT2D eigenvalue weighted by Crippen LogP contribution is -1.91. The van der Waals surface area contributed by atoms with Crippen molar-refractivity contribution in [3.8, 4) is 0 Å². The Morgan fingerprint density at radius 1 is 1.44 bits per heavy atom. The molecule has 52 valence electrons. The first-order chi connectivity index (χ1) is 4.27. The average molecular weight is 130 g/mol. The summed E-state index contributed by atoms with van der Waals surface area (Å²) in [5, 5.41) is 16.3. The normalized spacial score (nSPS) is 10.3. The van der Waals surface area contributed by atoms with E-state index in [1.807, 2.05) is 0 Å². The van der Waals surface area contributed by atoms with Crippen LogP contribution in [0.15, 0.2) is 12.2 Å². The molecule has 9 heavy (non-hydrogen) atoms. The minimum atomic E-state index is -0.808. The first-order valence-corrected chi connectivity index (χ1v) is 2.75. The SMILES string of the molecule is O=C(O)CC/C=C/CO. The topological polar surface area (TPSA) is 57.5 Å². The van der Waals surface area contributed by atoms with Crippen molar-refractivity contribution in [1.29, 1.82) is 0 Å². The number of hydrogen-bond acceptors (Lipinski definition) is 2. The first kappa shape index (κ1) is 8.17. The third kappa shape index (κ3) is 7.17. The van der Waals surface area contributed by atoms with E-state index in [9.17, 15) is 4.79 Å². The molecule has 0 rings (SSSR count). The van der Waals surface area contributed by atoms with Gasteiger partial charge in [0, 0.05) is 6.42 Å². The quantitative estimate of drug-likeness (QED) is 0.541. The molecule has 0 aromatic heterocycles. The molecule has 3 nitrogen and oxygen atoms in total. The molecule has 0 radical (unpaired) electrons. The van der Waals surface area contributed by atoms with Crippen molar-refractivity contribution in [2.45, 2.75) is 12.8 Å². The van der Waals surface area contributed by atoms with Gasteiger partial charge in [0.25, 0.3) is 0 Å². The summed E-state index contributed by atoms with van der Waals surface area (Å²) in [5.74, 6) is -0.808. The molecule has 0 bridgehead atoms. The molecule has 0 aromatic rings. The number of carboxylic acid groups (broad SMARTS) is 1. The van der Waals surface area contributed by atoms with Gasteiger partial charge in [0.1, 0.15) is 0 Å². The van der Waals surface area contributed by atoms with E-state index in [0.717, 1.165) is 0 Å². The summed E-state index contributed by atoms with van der Waals surface area (Å²) in [5.41, 5.74) is 0. The third-order valence-corrected chi connectivity index (χ3v) is 0.797. The summed E-state index contributed by atoms with van der Waals surface area (Å²) in [7, 11) is 0. The van der Waals surface area contributed by atoms with Crippen LogP contribution in [0.2, 0.25) is 0 Å². The van der Waals surface area contributed by atoms with Crippen molar-refractivity contribution in [1.82, 2.24) is 0 Å². The smallest absolute Gasteiger partial charge is 0.303 e. The molecule has 0 aliphatic heterocycles.